The van der Waals surface area contributed by atoms with Gasteiger partial charge < -0.3 is 9.88 Å². The molecule has 1 aliphatic carbocycles. The quantitative estimate of drug-likeness (QED) is 0.696. The fourth-order valence-corrected chi connectivity index (χ4v) is 4.76. The summed E-state index contributed by atoms with van der Waals surface area (Å²) in [5.74, 6) is 0.621. The first-order chi connectivity index (χ1) is 12.6. The molecule has 0 fully saturated rings. The van der Waals surface area contributed by atoms with Crippen molar-refractivity contribution in [2.45, 2.75) is 32.1 Å². The number of hydrogen-bond acceptors (Lipinski definition) is 4. The lowest BCUT2D eigenvalue weighted by atomic mass is 10.1. The van der Waals surface area contributed by atoms with E-state index in [9.17, 15) is 4.79 Å². The van der Waals surface area contributed by atoms with Gasteiger partial charge in [-0.05, 0) is 55.0 Å². The number of aromatic amines is 1. The highest BCUT2D eigenvalue weighted by molar-refractivity contribution is 7.18. The molecule has 26 heavy (non-hydrogen) atoms. The van der Waals surface area contributed by atoms with Crippen molar-refractivity contribution in [2.75, 3.05) is 19.0 Å². The molecule has 0 radical (unpaired) electrons. The first kappa shape index (κ1) is 17.0. The third-order valence-corrected chi connectivity index (χ3v) is 6.12. The Bertz CT molecular complexity index is 1010. The third kappa shape index (κ3) is 3.31. The maximum atomic E-state index is 12.6. The second kappa shape index (κ2) is 7.08. The second-order valence-electron chi connectivity index (χ2n) is 7.02. The van der Waals surface area contributed by atoms with Gasteiger partial charge in [-0.2, -0.15) is 0 Å². The molecule has 0 saturated carbocycles. The molecule has 4 nitrogen and oxygen atoms in total. The molecule has 0 atom stereocenters. The topological polar surface area (TPSA) is 49.0 Å². The Kier molecular flexibility index (Phi) is 4.64. The molecule has 0 bridgehead atoms. The van der Waals surface area contributed by atoms with E-state index in [1.807, 2.05) is 26.2 Å². The molecule has 1 N–H and O–H groups in total. The fraction of sp³-hybridized carbons (Fsp3) is 0.333. The van der Waals surface area contributed by atoms with Crippen LogP contribution in [0.1, 0.15) is 41.1 Å². The molecule has 0 aliphatic heterocycles. The van der Waals surface area contributed by atoms with E-state index in [4.69, 9.17) is 4.98 Å². The summed E-state index contributed by atoms with van der Waals surface area (Å²) in [4.78, 5) is 24.6. The summed E-state index contributed by atoms with van der Waals surface area (Å²) in [6, 6.07) is 8.29. The minimum Gasteiger partial charge on any atom is -0.378 e. The van der Waals surface area contributed by atoms with Crippen molar-refractivity contribution in [1.29, 1.82) is 0 Å². The third-order valence-electron chi connectivity index (χ3n) is 4.94. The number of aryl methyl sites for hydroxylation is 2. The standard InChI is InChI=1S/C21H23N3OS/c1-24(2)15-11-8-14(9-12-15)10-13-18-22-20(25)19-16-6-4-3-5-7-17(16)26-21(19)23-18/h8-13H,3-7H2,1-2H3,(H,22,23,25)/b13-10+. The summed E-state index contributed by atoms with van der Waals surface area (Å²) >= 11 is 1.70. The molecule has 1 aromatic carbocycles. The van der Waals surface area contributed by atoms with Gasteiger partial charge in [0, 0.05) is 24.7 Å². The summed E-state index contributed by atoms with van der Waals surface area (Å²) in [6.07, 6.45) is 9.60. The molecule has 0 unspecified atom stereocenters. The number of hydrogen-bond donors (Lipinski definition) is 1. The monoisotopic (exact) mass is 365 g/mol. The van der Waals surface area contributed by atoms with Crippen LogP contribution in [-0.4, -0.2) is 24.1 Å². The lowest BCUT2D eigenvalue weighted by Crippen LogP contribution is -2.10. The molecule has 5 heteroatoms. The van der Waals surface area contributed by atoms with Crippen LogP contribution in [0.2, 0.25) is 0 Å². The van der Waals surface area contributed by atoms with E-state index in [0.717, 1.165) is 34.3 Å². The number of anilines is 1. The molecular formula is C21H23N3OS. The van der Waals surface area contributed by atoms with Gasteiger partial charge in [0.15, 0.2) is 0 Å². The average molecular weight is 366 g/mol. The van der Waals surface area contributed by atoms with Gasteiger partial charge in [-0.3, -0.25) is 4.79 Å². The van der Waals surface area contributed by atoms with Gasteiger partial charge in [0.05, 0.1) is 5.39 Å². The Labute approximate surface area is 157 Å². The van der Waals surface area contributed by atoms with E-state index in [1.54, 1.807) is 11.3 Å². The van der Waals surface area contributed by atoms with Gasteiger partial charge in [0.25, 0.3) is 5.56 Å². The maximum absolute atomic E-state index is 12.6. The minimum atomic E-state index is -0.00277. The van der Waals surface area contributed by atoms with Crippen LogP contribution in [0.4, 0.5) is 5.69 Å². The molecule has 2 heterocycles. The van der Waals surface area contributed by atoms with Crippen LogP contribution < -0.4 is 10.5 Å². The van der Waals surface area contributed by atoms with E-state index in [-0.39, 0.29) is 5.56 Å². The van der Waals surface area contributed by atoms with Gasteiger partial charge in [0.2, 0.25) is 0 Å². The first-order valence-corrected chi connectivity index (χ1v) is 9.93. The number of H-pyrrole nitrogens is 1. The van der Waals surface area contributed by atoms with Crippen LogP contribution in [0.15, 0.2) is 29.1 Å². The number of benzene rings is 1. The largest absolute Gasteiger partial charge is 0.378 e. The normalized spacial score (nSPS) is 14.5. The smallest absolute Gasteiger partial charge is 0.260 e. The zero-order chi connectivity index (χ0) is 18.1. The molecule has 4 rings (SSSR count). The fourth-order valence-electron chi connectivity index (χ4n) is 3.50. The Morgan fingerprint density at radius 1 is 1.08 bits per heavy atom. The molecule has 3 aromatic rings. The highest BCUT2D eigenvalue weighted by atomic mass is 32.1. The van der Waals surface area contributed by atoms with Crippen molar-refractivity contribution in [1.82, 2.24) is 9.97 Å². The highest BCUT2D eigenvalue weighted by Crippen LogP contribution is 2.32. The summed E-state index contributed by atoms with van der Waals surface area (Å²) in [5, 5.41) is 0.819. The van der Waals surface area contributed by atoms with Crippen LogP contribution in [0.3, 0.4) is 0 Å². The summed E-state index contributed by atoms with van der Waals surface area (Å²) < 4.78 is 0. The minimum absolute atomic E-state index is 0.00277. The van der Waals surface area contributed by atoms with Crippen LogP contribution in [0.5, 0.6) is 0 Å². The Morgan fingerprint density at radius 2 is 1.85 bits per heavy atom. The van der Waals surface area contributed by atoms with Crippen molar-refractivity contribution in [2.24, 2.45) is 0 Å². The highest BCUT2D eigenvalue weighted by Gasteiger charge is 2.18. The van der Waals surface area contributed by atoms with E-state index < -0.39 is 0 Å². The number of nitrogens with zero attached hydrogens (tertiary/aromatic N) is 2. The van der Waals surface area contributed by atoms with Crippen LogP contribution in [0.25, 0.3) is 22.4 Å². The predicted molar refractivity (Wildman–Crippen MR) is 111 cm³/mol. The van der Waals surface area contributed by atoms with Crippen molar-refractivity contribution in [3.8, 4) is 0 Å². The summed E-state index contributed by atoms with van der Waals surface area (Å²) in [6.45, 7) is 0. The Morgan fingerprint density at radius 3 is 2.62 bits per heavy atom. The SMILES string of the molecule is CN(C)c1ccc(/C=C/c2nc3sc4c(c3c(=O)[nH]2)CCCCC4)cc1. The van der Waals surface area contributed by atoms with Gasteiger partial charge >= 0.3 is 0 Å². The molecule has 2 aromatic heterocycles. The van der Waals surface area contributed by atoms with Gasteiger partial charge in [-0.25, -0.2) is 4.98 Å². The molecule has 0 amide bonds. The first-order valence-electron chi connectivity index (χ1n) is 9.12. The van der Waals surface area contributed by atoms with Crippen molar-refractivity contribution in [3.63, 3.8) is 0 Å². The lowest BCUT2D eigenvalue weighted by Gasteiger charge is -2.11. The van der Waals surface area contributed by atoms with E-state index in [2.05, 4.69) is 34.1 Å². The van der Waals surface area contributed by atoms with Crippen molar-refractivity contribution < 1.29 is 0 Å². The van der Waals surface area contributed by atoms with Crippen molar-refractivity contribution >= 4 is 39.4 Å². The Balaban J connectivity index is 1.66. The Hall–Kier alpha value is -2.40. The van der Waals surface area contributed by atoms with Gasteiger partial charge in [-0.15, -0.1) is 11.3 Å². The van der Waals surface area contributed by atoms with Crippen molar-refractivity contribution in [3.05, 3.63) is 56.4 Å². The van der Waals surface area contributed by atoms with Crippen LogP contribution in [-0.2, 0) is 12.8 Å². The van der Waals surface area contributed by atoms with E-state index in [1.165, 1.54) is 29.7 Å². The number of rotatable bonds is 3. The summed E-state index contributed by atoms with van der Waals surface area (Å²) in [7, 11) is 4.05. The van der Waals surface area contributed by atoms with Crippen LogP contribution >= 0.6 is 11.3 Å². The number of thiophene rings is 1. The van der Waals surface area contributed by atoms with Gasteiger partial charge in [-0.1, -0.05) is 24.6 Å². The maximum Gasteiger partial charge on any atom is 0.260 e. The molecule has 0 saturated heterocycles. The second-order valence-corrected chi connectivity index (χ2v) is 8.10. The number of fused-ring (bicyclic) bond motifs is 3. The molecule has 1 aliphatic rings. The zero-order valence-corrected chi connectivity index (χ0v) is 16.0. The molecular weight excluding hydrogens is 342 g/mol. The van der Waals surface area contributed by atoms with Gasteiger partial charge in [0.1, 0.15) is 10.7 Å². The zero-order valence-electron chi connectivity index (χ0n) is 15.2. The lowest BCUT2D eigenvalue weighted by molar-refractivity contribution is 0.713. The van der Waals surface area contributed by atoms with E-state index in [0.29, 0.717) is 5.82 Å². The average Bonchev–Trinajstić information content (AvgIpc) is 2.82. The molecule has 0 spiro atoms. The number of aromatic nitrogens is 2. The summed E-state index contributed by atoms with van der Waals surface area (Å²) in [5.41, 5.74) is 3.48. The van der Waals surface area contributed by atoms with E-state index >= 15 is 0 Å². The number of nitrogens with one attached hydrogen (secondary N) is 1. The van der Waals surface area contributed by atoms with Crippen LogP contribution in [0, 0.1) is 0 Å². The predicted octanol–water partition coefficient (Wildman–Crippen LogP) is 4.49. The molecule has 134 valence electrons.